The Bertz CT molecular complexity index is 240. The molecule has 0 saturated heterocycles. The molecular formula is C7H10ClN3O. The molecule has 1 amide bonds. The molecule has 66 valence electrons. The second-order valence-electron chi connectivity index (χ2n) is 2.12. The highest BCUT2D eigenvalue weighted by Crippen LogP contribution is 1.75. The summed E-state index contributed by atoms with van der Waals surface area (Å²) in [6.45, 7) is 0.261. The Morgan fingerprint density at radius 3 is 2.42 bits per heavy atom. The van der Waals surface area contributed by atoms with Gasteiger partial charge in [-0.1, -0.05) is 6.07 Å². The normalized spacial score (nSPS) is 8.42. The van der Waals surface area contributed by atoms with E-state index >= 15 is 0 Å². The highest BCUT2D eigenvalue weighted by atomic mass is 35.5. The summed E-state index contributed by atoms with van der Waals surface area (Å²) in [4.78, 5) is 10.7. The van der Waals surface area contributed by atoms with Crippen LogP contribution in [0.2, 0.25) is 0 Å². The van der Waals surface area contributed by atoms with Crippen LogP contribution in [-0.2, 0) is 11.3 Å². The van der Waals surface area contributed by atoms with Gasteiger partial charge >= 0.3 is 0 Å². The van der Waals surface area contributed by atoms with Gasteiger partial charge in [0.05, 0.1) is 0 Å². The minimum atomic E-state index is -0.207. The average molecular weight is 188 g/mol. The van der Waals surface area contributed by atoms with Crippen molar-refractivity contribution in [1.82, 2.24) is 5.43 Å². The Balaban J connectivity index is 0.00000121. The number of hydrazine groups is 1. The van der Waals surface area contributed by atoms with Gasteiger partial charge < -0.3 is 12.4 Å². The molecule has 0 aliphatic carbocycles. The summed E-state index contributed by atoms with van der Waals surface area (Å²) < 4.78 is 1.74. The van der Waals surface area contributed by atoms with E-state index in [1.807, 2.05) is 18.2 Å². The van der Waals surface area contributed by atoms with Crippen LogP contribution in [0.5, 0.6) is 0 Å². The standard InChI is InChI=1S/C7H9N3O.ClH/c8-9-7(11)6-10-4-2-1-3-5-10;/h1-5H,6,8H2;1H. The third kappa shape index (κ3) is 3.32. The summed E-state index contributed by atoms with van der Waals surface area (Å²) in [6.07, 6.45) is 3.60. The fourth-order valence-electron chi connectivity index (χ4n) is 0.751. The quantitative estimate of drug-likeness (QED) is 0.215. The van der Waals surface area contributed by atoms with Crippen molar-refractivity contribution < 1.29 is 21.8 Å². The lowest BCUT2D eigenvalue weighted by molar-refractivity contribution is -0.684. The number of amides is 1. The molecule has 0 radical (unpaired) electrons. The second-order valence-corrected chi connectivity index (χ2v) is 2.12. The number of hydrogen-bond donors (Lipinski definition) is 2. The van der Waals surface area contributed by atoms with E-state index < -0.39 is 0 Å². The summed E-state index contributed by atoms with van der Waals surface area (Å²) in [7, 11) is 0. The lowest BCUT2D eigenvalue weighted by atomic mass is 10.4. The smallest absolute Gasteiger partial charge is 0.299 e. The van der Waals surface area contributed by atoms with E-state index in [9.17, 15) is 4.79 Å². The fraction of sp³-hybridized carbons (Fsp3) is 0.143. The monoisotopic (exact) mass is 187 g/mol. The topological polar surface area (TPSA) is 59.0 Å². The molecule has 1 heterocycles. The molecule has 0 saturated carbocycles. The predicted octanol–water partition coefficient (Wildman–Crippen LogP) is -4.03. The average Bonchev–Trinajstić information content (AvgIpc) is 2.06. The van der Waals surface area contributed by atoms with Crippen LogP contribution in [-0.4, -0.2) is 5.91 Å². The Morgan fingerprint density at radius 2 is 1.92 bits per heavy atom. The van der Waals surface area contributed by atoms with Crippen molar-refractivity contribution in [2.75, 3.05) is 0 Å². The van der Waals surface area contributed by atoms with Gasteiger partial charge in [0.25, 0.3) is 5.91 Å². The first-order valence-electron chi connectivity index (χ1n) is 3.26. The molecule has 1 rings (SSSR count). The van der Waals surface area contributed by atoms with Gasteiger partial charge in [0, 0.05) is 12.1 Å². The third-order valence-electron chi connectivity index (χ3n) is 1.26. The van der Waals surface area contributed by atoms with E-state index in [0.29, 0.717) is 0 Å². The van der Waals surface area contributed by atoms with Crippen LogP contribution < -0.4 is 28.2 Å². The number of nitrogens with one attached hydrogen (secondary N) is 1. The molecule has 0 aromatic carbocycles. The molecule has 1 aromatic heterocycles. The Kier molecular flexibility index (Phi) is 4.99. The molecule has 4 nitrogen and oxygen atoms in total. The molecule has 12 heavy (non-hydrogen) atoms. The van der Waals surface area contributed by atoms with Gasteiger partial charge in [0.2, 0.25) is 6.54 Å². The van der Waals surface area contributed by atoms with Crippen molar-refractivity contribution >= 4 is 5.91 Å². The molecule has 3 N–H and O–H groups in total. The number of halogens is 1. The maximum Gasteiger partial charge on any atom is 0.299 e. The molecule has 0 aliphatic heterocycles. The molecule has 0 aliphatic rings. The van der Waals surface area contributed by atoms with E-state index in [-0.39, 0.29) is 24.9 Å². The zero-order chi connectivity index (χ0) is 8.10. The second kappa shape index (κ2) is 5.51. The highest BCUT2D eigenvalue weighted by molar-refractivity contribution is 5.73. The van der Waals surface area contributed by atoms with Crippen LogP contribution in [0, 0.1) is 0 Å². The number of hydrogen-bond acceptors (Lipinski definition) is 2. The Hall–Kier alpha value is -1.13. The van der Waals surface area contributed by atoms with Gasteiger partial charge in [-0.2, -0.15) is 4.57 Å². The molecule has 0 fully saturated rings. The number of nitrogens with two attached hydrogens (primary N) is 1. The lowest BCUT2D eigenvalue weighted by Gasteiger charge is -1.93. The number of carbonyl (C=O) groups excluding carboxylic acids is 1. The van der Waals surface area contributed by atoms with Gasteiger partial charge in [-0.05, 0) is 0 Å². The van der Waals surface area contributed by atoms with Crippen LogP contribution in [0.15, 0.2) is 30.6 Å². The molecule has 1 aromatic rings. The fourth-order valence-corrected chi connectivity index (χ4v) is 0.751. The van der Waals surface area contributed by atoms with Crippen molar-refractivity contribution in [2.45, 2.75) is 6.54 Å². The predicted molar refractivity (Wildman–Crippen MR) is 39.0 cm³/mol. The minimum Gasteiger partial charge on any atom is -1.00 e. The van der Waals surface area contributed by atoms with Gasteiger partial charge in [-0.25, -0.2) is 5.84 Å². The number of nitrogens with zero attached hydrogens (tertiary/aromatic N) is 1. The Morgan fingerprint density at radius 1 is 1.33 bits per heavy atom. The van der Waals surface area contributed by atoms with Crippen molar-refractivity contribution in [3.8, 4) is 0 Å². The van der Waals surface area contributed by atoms with Crippen LogP contribution in [0.1, 0.15) is 0 Å². The SMILES string of the molecule is NNC(=O)C[n+]1ccccc1.[Cl-]. The number of carbonyl (C=O) groups is 1. The number of rotatable bonds is 2. The zero-order valence-electron chi connectivity index (χ0n) is 6.40. The van der Waals surface area contributed by atoms with Gasteiger partial charge in [-0.15, -0.1) is 0 Å². The molecular weight excluding hydrogens is 178 g/mol. The molecule has 0 spiro atoms. The zero-order valence-corrected chi connectivity index (χ0v) is 7.16. The maximum absolute atomic E-state index is 10.7. The minimum absolute atomic E-state index is 0. The van der Waals surface area contributed by atoms with Crippen molar-refractivity contribution in [3.63, 3.8) is 0 Å². The first-order valence-corrected chi connectivity index (χ1v) is 3.26. The highest BCUT2D eigenvalue weighted by Gasteiger charge is 2.04. The largest absolute Gasteiger partial charge is 1.00 e. The number of aromatic nitrogens is 1. The van der Waals surface area contributed by atoms with Gasteiger partial charge in [0.15, 0.2) is 12.4 Å². The first kappa shape index (κ1) is 10.9. The van der Waals surface area contributed by atoms with E-state index in [1.54, 1.807) is 17.0 Å². The van der Waals surface area contributed by atoms with Gasteiger partial charge in [-0.3, -0.25) is 10.2 Å². The van der Waals surface area contributed by atoms with Crippen LogP contribution in [0.4, 0.5) is 0 Å². The lowest BCUT2D eigenvalue weighted by Crippen LogP contribution is -3.00. The summed E-state index contributed by atoms with van der Waals surface area (Å²) in [6, 6.07) is 5.59. The van der Waals surface area contributed by atoms with Crippen LogP contribution >= 0.6 is 0 Å². The third-order valence-corrected chi connectivity index (χ3v) is 1.26. The summed E-state index contributed by atoms with van der Waals surface area (Å²) in [5.41, 5.74) is 2.05. The first-order chi connectivity index (χ1) is 5.33. The van der Waals surface area contributed by atoms with Crippen molar-refractivity contribution in [3.05, 3.63) is 30.6 Å². The van der Waals surface area contributed by atoms with Crippen LogP contribution in [0.25, 0.3) is 0 Å². The summed E-state index contributed by atoms with van der Waals surface area (Å²) in [5.74, 6) is 4.70. The maximum atomic E-state index is 10.7. The van der Waals surface area contributed by atoms with Crippen molar-refractivity contribution in [1.29, 1.82) is 0 Å². The van der Waals surface area contributed by atoms with E-state index in [0.717, 1.165) is 0 Å². The molecule has 0 unspecified atom stereocenters. The summed E-state index contributed by atoms with van der Waals surface area (Å²) in [5, 5.41) is 0. The molecule has 0 atom stereocenters. The molecule has 0 bridgehead atoms. The van der Waals surface area contributed by atoms with E-state index in [1.165, 1.54) is 0 Å². The number of pyridine rings is 1. The van der Waals surface area contributed by atoms with Crippen LogP contribution in [0.3, 0.4) is 0 Å². The molecule has 5 heteroatoms. The van der Waals surface area contributed by atoms with Crippen molar-refractivity contribution in [2.24, 2.45) is 5.84 Å². The Labute approximate surface area is 76.8 Å². The van der Waals surface area contributed by atoms with E-state index in [4.69, 9.17) is 5.84 Å². The van der Waals surface area contributed by atoms with E-state index in [2.05, 4.69) is 5.43 Å². The summed E-state index contributed by atoms with van der Waals surface area (Å²) >= 11 is 0. The van der Waals surface area contributed by atoms with Gasteiger partial charge in [0.1, 0.15) is 0 Å².